The summed E-state index contributed by atoms with van der Waals surface area (Å²) in [5.74, 6) is -2.26. The molecule has 2 aromatic carbocycles. The van der Waals surface area contributed by atoms with Crippen LogP contribution in [-0.2, 0) is 19.1 Å². The molecule has 3 aliphatic rings. The maximum Gasteiger partial charge on any atom is 0.253 e. The van der Waals surface area contributed by atoms with E-state index in [1.165, 1.54) is 0 Å². The van der Waals surface area contributed by atoms with Crippen molar-refractivity contribution in [3.63, 3.8) is 0 Å². The average Bonchev–Trinajstić information content (AvgIpc) is 3.56. The fourth-order valence-corrected chi connectivity index (χ4v) is 7.68. The summed E-state index contributed by atoms with van der Waals surface area (Å²) in [6.07, 6.45) is 5.64. The first kappa shape index (κ1) is 30.0. The Balaban J connectivity index is 1.62. The Bertz CT molecular complexity index is 1390. The molecule has 8 nitrogen and oxygen atoms in total. The Morgan fingerprint density at radius 3 is 2.45 bits per heavy atom. The van der Waals surface area contributed by atoms with Crippen LogP contribution in [0.2, 0.25) is 0 Å². The number of hydrogen-bond acceptors (Lipinski definition) is 5. The van der Waals surface area contributed by atoms with Gasteiger partial charge in [-0.25, -0.2) is 0 Å². The van der Waals surface area contributed by atoms with Crippen LogP contribution in [0.4, 0.5) is 5.69 Å². The number of anilines is 1. The van der Waals surface area contributed by atoms with Crippen molar-refractivity contribution in [2.75, 3.05) is 31.1 Å². The summed E-state index contributed by atoms with van der Waals surface area (Å²) in [6, 6.07) is 12.2. The summed E-state index contributed by atoms with van der Waals surface area (Å²) < 4.78 is 6.83. The monoisotopic (exact) mass is 573 g/mol. The number of fused-ring (bicyclic) bond motifs is 2. The normalized spacial score (nSPS) is 28.5. The zero-order chi connectivity index (χ0) is 30.2. The van der Waals surface area contributed by atoms with Crippen molar-refractivity contribution in [2.45, 2.75) is 69.7 Å². The highest BCUT2D eigenvalue weighted by Crippen LogP contribution is 2.64. The summed E-state index contributed by atoms with van der Waals surface area (Å²) >= 11 is 0. The SMILES string of the molecule is C=CCN(CCC)C(=O)[C@H]1[C@H]2C(=O)N([C@@H](CC)CO)C(C(=O)N(CC=C)c3ccc4ccccc4c3)C23CC[C@]1(C)O3. The number of amides is 3. The van der Waals surface area contributed by atoms with Crippen molar-refractivity contribution >= 4 is 34.2 Å². The highest BCUT2D eigenvalue weighted by Gasteiger charge is 2.78. The van der Waals surface area contributed by atoms with Crippen molar-refractivity contribution in [3.05, 3.63) is 67.8 Å². The Morgan fingerprint density at radius 1 is 1.10 bits per heavy atom. The molecule has 2 bridgehead atoms. The predicted octanol–water partition coefficient (Wildman–Crippen LogP) is 4.32. The van der Waals surface area contributed by atoms with E-state index >= 15 is 0 Å². The molecule has 3 amide bonds. The summed E-state index contributed by atoms with van der Waals surface area (Å²) in [5.41, 5.74) is -1.36. The molecule has 2 aromatic rings. The van der Waals surface area contributed by atoms with Gasteiger partial charge in [-0.1, -0.05) is 56.3 Å². The molecule has 224 valence electrons. The van der Waals surface area contributed by atoms with Gasteiger partial charge >= 0.3 is 0 Å². The second-order valence-electron chi connectivity index (χ2n) is 12.1. The second-order valence-corrected chi connectivity index (χ2v) is 12.1. The minimum atomic E-state index is -1.17. The van der Waals surface area contributed by atoms with Gasteiger partial charge in [0.2, 0.25) is 11.8 Å². The zero-order valence-electron chi connectivity index (χ0n) is 25.0. The third-order valence-electron chi connectivity index (χ3n) is 9.57. The number of aliphatic hydroxyl groups is 1. The first-order chi connectivity index (χ1) is 20.2. The van der Waals surface area contributed by atoms with Gasteiger partial charge in [-0.15, -0.1) is 13.2 Å². The van der Waals surface area contributed by atoms with Crippen LogP contribution in [-0.4, -0.2) is 82.2 Å². The van der Waals surface area contributed by atoms with Gasteiger partial charge in [-0.2, -0.15) is 0 Å². The molecule has 6 atom stereocenters. The van der Waals surface area contributed by atoms with Crippen LogP contribution in [0.3, 0.4) is 0 Å². The average molecular weight is 574 g/mol. The molecule has 0 radical (unpaired) electrons. The summed E-state index contributed by atoms with van der Waals surface area (Å²) in [5, 5.41) is 12.4. The lowest BCUT2D eigenvalue weighted by Crippen LogP contribution is -2.59. The van der Waals surface area contributed by atoms with Gasteiger partial charge < -0.3 is 24.5 Å². The van der Waals surface area contributed by atoms with E-state index in [4.69, 9.17) is 4.74 Å². The van der Waals surface area contributed by atoms with E-state index in [1.807, 2.05) is 63.2 Å². The highest BCUT2D eigenvalue weighted by molar-refractivity contribution is 6.06. The fourth-order valence-electron chi connectivity index (χ4n) is 7.68. The first-order valence-corrected chi connectivity index (χ1v) is 15.1. The van der Waals surface area contributed by atoms with Crippen LogP contribution in [0.15, 0.2) is 67.8 Å². The van der Waals surface area contributed by atoms with E-state index in [0.29, 0.717) is 38.0 Å². The number of aliphatic hydroxyl groups excluding tert-OH is 1. The van der Waals surface area contributed by atoms with E-state index in [0.717, 1.165) is 17.2 Å². The molecular weight excluding hydrogens is 530 g/mol. The van der Waals surface area contributed by atoms with Crippen LogP contribution >= 0.6 is 0 Å². The Morgan fingerprint density at radius 2 is 1.81 bits per heavy atom. The van der Waals surface area contributed by atoms with E-state index in [-0.39, 0.29) is 30.9 Å². The molecule has 5 rings (SSSR count). The minimum absolute atomic E-state index is 0.137. The maximum absolute atomic E-state index is 14.8. The van der Waals surface area contributed by atoms with Gasteiger partial charge in [0.05, 0.1) is 30.1 Å². The lowest BCUT2D eigenvalue weighted by Gasteiger charge is -2.39. The molecule has 0 saturated carbocycles. The zero-order valence-corrected chi connectivity index (χ0v) is 25.0. The highest BCUT2D eigenvalue weighted by atomic mass is 16.5. The molecule has 3 aliphatic heterocycles. The molecule has 1 N–H and O–H groups in total. The van der Waals surface area contributed by atoms with E-state index in [2.05, 4.69) is 13.2 Å². The van der Waals surface area contributed by atoms with Crippen LogP contribution < -0.4 is 4.90 Å². The van der Waals surface area contributed by atoms with Crippen LogP contribution in [0, 0.1) is 11.8 Å². The number of hydrogen-bond donors (Lipinski definition) is 1. The molecule has 3 fully saturated rings. The van der Waals surface area contributed by atoms with Crippen molar-refractivity contribution in [2.24, 2.45) is 11.8 Å². The summed E-state index contributed by atoms with van der Waals surface area (Å²) in [4.78, 5) is 48.4. The number of carbonyl (C=O) groups excluding carboxylic acids is 3. The smallest absolute Gasteiger partial charge is 0.253 e. The van der Waals surface area contributed by atoms with Crippen LogP contribution in [0.1, 0.15) is 46.5 Å². The van der Waals surface area contributed by atoms with Crippen LogP contribution in [0.25, 0.3) is 10.8 Å². The van der Waals surface area contributed by atoms with Gasteiger partial charge in [0.1, 0.15) is 11.6 Å². The molecule has 1 spiro atoms. The van der Waals surface area contributed by atoms with Gasteiger partial charge in [-0.05, 0) is 55.5 Å². The number of benzene rings is 2. The van der Waals surface area contributed by atoms with Gasteiger partial charge in [0, 0.05) is 25.3 Å². The molecule has 2 unspecified atom stereocenters. The second kappa shape index (κ2) is 11.7. The van der Waals surface area contributed by atoms with Crippen molar-refractivity contribution in [3.8, 4) is 0 Å². The molecule has 42 heavy (non-hydrogen) atoms. The Labute approximate surface area is 248 Å². The summed E-state index contributed by atoms with van der Waals surface area (Å²) in [7, 11) is 0. The van der Waals surface area contributed by atoms with E-state index in [1.54, 1.807) is 26.9 Å². The molecule has 3 heterocycles. The Hall–Kier alpha value is -3.49. The standard InChI is InChI=1S/C34H43N3O5/c1-6-18-35(19-7-2)30(39)27-28-31(40)37(25(9-4)22-38)29(34(28)17-16-33(27,5)42-34)32(41)36(20-8-3)26-15-14-23-12-10-11-13-24(23)21-26/h6,8,10-15,21,25,27-29,38H,1,3,7,9,16-20,22H2,2,4-5H3/t25-,27+,28-,29?,33-,34?/m0/s1. The topological polar surface area (TPSA) is 90.4 Å². The summed E-state index contributed by atoms with van der Waals surface area (Å²) in [6.45, 7) is 14.4. The molecule has 3 saturated heterocycles. The molecule has 0 aromatic heterocycles. The van der Waals surface area contributed by atoms with Gasteiger partial charge in [0.15, 0.2) is 0 Å². The molecule has 8 heteroatoms. The van der Waals surface area contributed by atoms with Crippen molar-refractivity contribution < 1.29 is 24.2 Å². The maximum atomic E-state index is 14.8. The van der Waals surface area contributed by atoms with Crippen molar-refractivity contribution in [1.82, 2.24) is 9.80 Å². The Kier molecular flexibility index (Phi) is 8.32. The third-order valence-corrected chi connectivity index (χ3v) is 9.57. The number of likely N-dealkylation sites (tertiary alicyclic amines) is 1. The predicted molar refractivity (Wildman–Crippen MR) is 164 cm³/mol. The molecular formula is C34H43N3O5. The third kappa shape index (κ3) is 4.56. The lowest BCUT2D eigenvalue weighted by molar-refractivity contribution is -0.152. The van der Waals surface area contributed by atoms with Gasteiger partial charge in [-0.3, -0.25) is 14.4 Å². The number of ether oxygens (including phenoxy) is 1. The number of rotatable bonds is 12. The van der Waals surface area contributed by atoms with Crippen molar-refractivity contribution in [1.29, 1.82) is 0 Å². The number of nitrogens with zero attached hydrogens (tertiary/aromatic N) is 3. The van der Waals surface area contributed by atoms with Crippen LogP contribution in [0.5, 0.6) is 0 Å². The van der Waals surface area contributed by atoms with Gasteiger partial charge in [0.25, 0.3) is 5.91 Å². The largest absolute Gasteiger partial charge is 0.394 e. The quantitative estimate of drug-likeness (QED) is 0.382. The minimum Gasteiger partial charge on any atom is -0.394 e. The molecule has 0 aliphatic carbocycles. The fraction of sp³-hybridized carbons (Fsp3) is 0.500. The van der Waals surface area contributed by atoms with E-state index in [9.17, 15) is 19.5 Å². The number of carbonyl (C=O) groups is 3. The van der Waals surface area contributed by atoms with E-state index < -0.39 is 35.1 Å². The first-order valence-electron chi connectivity index (χ1n) is 15.1. The lowest BCUT2D eigenvalue weighted by atomic mass is 9.66.